The maximum Gasteiger partial charge on any atom is -0.0292 e. The zero-order chi connectivity index (χ0) is 9.35. The van der Waals surface area contributed by atoms with Crippen LogP contribution in [0.5, 0.6) is 0 Å². The molecule has 0 amide bonds. The highest BCUT2D eigenvalue weighted by Crippen LogP contribution is 2.58. The van der Waals surface area contributed by atoms with E-state index in [1.54, 1.807) is 0 Å². The Bertz CT molecular complexity index is 148. The molecule has 0 radical (unpaired) electrons. The van der Waals surface area contributed by atoms with Gasteiger partial charge in [-0.2, -0.15) is 0 Å². The molecule has 0 aromatic heterocycles. The molecule has 0 aromatic rings. The molecule has 0 N–H and O–H groups in total. The molecule has 0 heteroatoms. The standard InChI is InChI=1S/C12H24/c1-6-11-8-12(11,5)7-10(4)9(2)3/h9-11H,6-8H2,1-5H3. The van der Waals surface area contributed by atoms with Gasteiger partial charge in [-0.3, -0.25) is 0 Å². The van der Waals surface area contributed by atoms with Crippen molar-refractivity contribution in [2.45, 2.75) is 53.9 Å². The summed E-state index contributed by atoms with van der Waals surface area (Å²) in [5.74, 6) is 2.81. The third kappa shape index (κ3) is 2.02. The minimum absolute atomic E-state index is 0.721. The first-order chi connectivity index (χ1) is 5.49. The second-order valence-electron chi connectivity index (χ2n) is 5.39. The summed E-state index contributed by atoms with van der Waals surface area (Å²) in [7, 11) is 0. The highest BCUT2D eigenvalue weighted by molar-refractivity contribution is 4.98. The highest BCUT2D eigenvalue weighted by Gasteiger charge is 2.48. The third-order valence-corrected chi connectivity index (χ3v) is 3.96. The van der Waals surface area contributed by atoms with Gasteiger partial charge >= 0.3 is 0 Å². The largest absolute Gasteiger partial charge is 0.0651 e. The molecule has 0 aliphatic heterocycles. The van der Waals surface area contributed by atoms with Crippen LogP contribution < -0.4 is 0 Å². The van der Waals surface area contributed by atoms with Gasteiger partial charge in [0.2, 0.25) is 0 Å². The fourth-order valence-electron chi connectivity index (χ4n) is 2.36. The Labute approximate surface area is 77.7 Å². The minimum atomic E-state index is 0.721. The number of hydrogen-bond acceptors (Lipinski definition) is 0. The van der Waals surface area contributed by atoms with Crippen LogP contribution in [-0.2, 0) is 0 Å². The average molecular weight is 168 g/mol. The van der Waals surface area contributed by atoms with Crippen LogP contribution in [0.2, 0.25) is 0 Å². The van der Waals surface area contributed by atoms with Gasteiger partial charge in [0.1, 0.15) is 0 Å². The van der Waals surface area contributed by atoms with Crippen molar-refractivity contribution in [3.63, 3.8) is 0 Å². The average Bonchev–Trinajstić information content (AvgIpc) is 2.61. The zero-order valence-electron chi connectivity index (χ0n) is 9.35. The van der Waals surface area contributed by atoms with Crippen molar-refractivity contribution in [1.82, 2.24) is 0 Å². The van der Waals surface area contributed by atoms with E-state index < -0.39 is 0 Å². The molecule has 1 rings (SSSR count). The van der Waals surface area contributed by atoms with Gasteiger partial charge in [0, 0.05) is 0 Å². The molecular weight excluding hydrogens is 144 g/mol. The van der Waals surface area contributed by atoms with Crippen LogP contribution >= 0.6 is 0 Å². The zero-order valence-corrected chi connectivity index (χ0v) is 9.35. The van der Waals surface area contributed by atoms with Crippen LogP contribution in [0.15, 0.2) is 0 Å². The van der Waals surface area contributed by atoms with Crippen LogP contribution in [0.4, 0.5) is 0 Å². The molecule has 1 aliphatic carbocycles. The molecule has 0 aromatic carbocycles. The van der Waals surface area contributed by atoms with Crippen molar-refractivity contribution in [3.8, 4) is 0 Å². The van der Waals surface area contributed by atoms with Crippen molar-refractivity contribution < 1.29 is 0 Å². The van der Waals surface area contributed by atoms with Crippen molar-refractivity contribution in [1.29, 1.82) is 0 Å². The Morgan fingerprint density at radius 1 is 1.33 bits per heavy atom. The van der Waals surface area contributed by atoms with E-state index in [9.17, 15) is 0 Å². The van der Waals surface area contributed by atoms with Gasteiger partial charge in [-0.15, -0.1) is 0 Å². The third-order valence-electron chi connectivity index (χ3n) is 3.96. The Balaban J connectivity index is 2.33. The van der Waals surface area contributed by atoms with Crippen LogP contribution in [-0.4, -0.2) is 0 Å². The SMILES string of the molecule is CCC1CC1(C)CC(C)C(C)C. The normalized spacial score (nSPS) is 37.0. The Hall–Kier alpha value is 0. The minimum Gasteiger partial charge on any atom is -0.0651 e. The lowest BCUT2D eigenvalue weighted by atomic mass is 9.85. The van der Waals surface area contributed by atoms with Crippen LogP contribution in [0.1, 0.15) is 53.9 Å². The fourth-order valence-corrected chi connectivity index (χ4v) is 2.36. The topological polar surface area (TPSA) is 0 Å². The molecule has 1 saturated carbocycles. The molecule has 0 nitrogen and oxygen atoms in total. The van der Waals surface area contributed by atoms with E-state index in [0.717, 1.165) is 23.2 Å². The molecule has 3 atom stereocenters. The van der Waals surface area contributed by atoms with Gasteiger partial charge in [-0.1, -0.05) is 41.0 Å². The maximum absolute atomic E-state index is 2.47. The molecule has 0 heterocycles. The fraction of sp³-hybridized carbons (Fsp3) is 1.00. The molecule has 1 fully saturated rings. The summed E-state index contributed by atoms with van der Waals surface area (Å²) in [5, 5.41) is 0. The predicted octanol–water partition coefficient (Wildman–Crippen LogP) is 4.10. The Morgan fingerprint density at radius 2 is 1.92 bits per heavy atom. The molecular formula is C12H24. The lowest BCUT2D eigenvalue weighted by Gasteiger charge is -2.20. The van der Waals surface area contributed by atoms with E-state index in [0.29, 0.717) is 0 Å². The van der Waals surface area contributed by atoms with E-state index >= 15 is 0 Å². The predicted molar refractivity (Wildman–Crippen MR) is 55.1 cm³/mol. The van der Waals surface area contributed by atoms with Crippen molar-refractivity contribution in [2.24, 2.45) is 23.2 Å². The van der Waals surface area contributed by atoms with Gasteiger partial charge in [-0.25, -0.2) is 0 Å². The van der Waals surface area contributed by atoms with Crippen molar-refractivity contribution in [3.05, 3.63) is 0 Å². The first kappa shape index (κ1) is 10.1. The number of rotatable bonds is 4. The summed E-state index contributed by atoms with van der Waals surface area (Å²) >= 11 is 0. The Morgan fingerprint density at radius 3 is 2.25 bits per heavy atom. The number of hydrogen-bond donors (Lipinski definition) is 0. The molecule has 12 heavy (non-hydrogen) atoms. The van der Waals surface area contributed by atoms with Crippen LogP contribution in [0, 0.1) is 23.2 Å². The van der Waals surface area contributed by atoms with Gasteiger partial charge in [0.15, 0.2) is 0 Å². The van der Waals surface area contributed by atoms with Gasteiger partial charge in [-0.05, 0) is 36.0 Å². The lowest BCUT2D eigenvalue weighted by Crippen LogP contribution is -2.11. The summed E-state index contributed by atoms with van der Waals surface area (Å²) in [6.45, 7) is 11.9. The second-order valence-corrected chi connectivity index (χ2v) is 5.39. The van der Waals surface area contributed by atoms with Crippen molar-refractivity contribution in [2.75, 3.05) is 0 Å². The summed E-state index contributed by atoms with van der Waals surface area (Å²) in [5.41, 5.74) is 0.721. The van der Waals surface area contributed by atoms with E-state index in [2.05, 4.69) is 34.6 Å². The smallest absolute Gasteiger partial charge is 0.0292 e. The lowest BCUT2D eigenvalue weighted by molar-refractivity contribution is 0.301. The second kappa shape index (κ2) is 3.40. The first-order valence-electron chi connectivity index (χ1n) is 5.49. The quantitative estimate of drug-likeness (QED) is 0.592. The molecule has 0 spiro atoms. The van der Waals surface area contributed by atoms with Crippen LogP contribution in [0.25, 0.3) is 0 Å². The van der Waals surface area contributed by atoms with Gasteiger partial charge in [0.25, 0.3) is 0 Å². The van der Waals surface area contributed by atoms with Gasteiger partial charge in [0.05, 0.1) is 0 Å². The van der Waals surface area contributed by atoms with E-state index in [4.69, 9.17) is 0 Å². The Kier molecular flexibility index (Phi) is 2.85. The summed E-state index contributed by atoms with van der Waals surface area (Å²) in [4.78, 5) is 0. The molecule has 72 valence electrons. The molecule has 0 saturated heterocycles. The summed E-state index contributed by atoms with van der Waals surface area (Å²) < 4.78 is 0. The highest BCUT2D eigenvalue weighted by atomic mass is 14.5. The molecule has 3 unspecified atom stereocenters. The molecule has 1 aliphatic rings. The van der Waals surface area contributed by atoms with Gasteiger partial charge < -0.3 is 0 Å². The molecule has 0 bridgehead atoms. The summed E-state index contributed by atoms with van der Waals surface area (Å²) in [6.07, 6.45) is 4.32. The van der Waals surface area contributed by atoms with E-state index in [-0.39, 0.29) is 0 Å². The maximum atomic E-state index is 2.47. The van der Waals surface area contributed by atoms with E-state index in [1.807, 2.05) is 0 Å². The van der Waals surface area contributed by atoms with Crippen molar-refractivity contribution >= 4 is 0 Å². The monoisotopic (exact) mass is 168 g/mol. The first-order valence-corrected chi connectivity index (χ1v) is 5.49. The van der Waals surface area contributed by atoms with E-state index in [1.165, 1.54) is 19.3 Å². The van der Waals surface area contributed by atoms with Crippen LogP contribution in [0.3, 0.4) is 0 Å². The summed E-state index contributed by atoms with van der Waals surface area (Å²) in [6, 6.07) is 0.